The average Bonchev–Trinajstić information content (AvgIpc) is 3.10. The normalized spacial score (nSPS) is 22.4. The van der Waals surface area contributed by atoms with Crippen LogP contribution in [0, 0.1) is 0 Å². The van der Waals surface area contributed by atoms with Crippen molar-refractivity contribution in [1.29, 1.82) is 0 Å². The number of rotatable bonds is 6. The van der Waals surface area contributed by atoms with Crippen LogP contribution in [0.4, 0.5) is 10.5 Å². The number of benzene rings is 1. The molecule has 1 aromatic rings. The Hall–Kier alpha value is -1.79. The summed E-state index contributed by atoms with van der Waals surface area (Å²) in [6.45, 7) is 1.38. The van der Waals surface area contributed by atoms with E-state index >= 15 is 0 Å². The molecule has 25 heavy (non-hydrogen) atoms. The number of hydrogen-bond donors (Lipinski definition) is 3. The molecule has 1 unspecified atom stereocenters. The largest absolute Gasteiger partial charge is 0.486 e. The summed E-state index contributed by atoms with van der Waals surface area (Å²) in [6.07, 6.45) is 6.68. The number of carbonyl (C=O) groups is 1. The Labute approximate surface area is 148 Å². The van der Waals surface area contributed by atoms with Crippen LogP contribution in [0.5, 0.6) is 5.75 Å². The molecule has 1 aliphatic carbocycles. The van der Waals surface area contributed by atoms with E-state index in [0.29, 0.717) is 31.1 Å². The molecule has 2 fully saturated rings. The highest BCUT2D eigenvalue weighted by Gasteiger charge is 2.33. The van der Waals surface area contributed by atoms with Crippen molar-refractivity contribution in [3.8, 4) is 5.75 Å². The molecule has 138 valence electrons. The third-order valence-corrected chi connectivity index (χ3v) is 5.10. The first-order valence-electron chi connectivity index (χ1n) is 9.24. The molecule has 3 rings (SSSR count). The van der Waals surface area contributed by atoms with Gasteiger partial charge in [0.1, 0.15) is 11.9 Å². The molecule has 1 saturated carbocycles. The van der Waals surface area contributed by atoms with Gasteiger partial charge in [0, 0.05) is 18.6 Å². The zero-order valence-corrected chi connectivity index (χ0v) is 14.6. The first kappa shape index (κ1) is 18.0. The van der Waals surface area contributed by atoms with Crippen molar-refractivity contribution in [2.24, 2.45) is 0 Å². The Kier molecular flexibility index (Phi) is 6.15. The van der Waals surface area contributed by atoms with Crippen LogP contribution >= 0.6 is 0 Å². The fraction of sp³-hybridized carbons (Fsp3) is 0.632. The van der Waals surface area contributed by atoms with Gasteiger partial charge in [-0.2, -0.15) is 0 Å². The molecular formula is C19H28N2O4. The third-order valence-electron chi connectivity index (χ3n) is 5.10. The minimum atomic E-state index is -0.299. The lowest BCUT2D eigenvalue weighted by Crippen LogP contribution is -2.51. The zero-order chi connectivity index (χ0) is 17.5. The molecule has 0 bridgehead atoms. The molecule has 3 N–H and O–H groups in total. The van der Waals surface area contributed by atoms with Crippen molar-refractivity contribution in [3.05, 3.63) is 24.3 Å². The Morgan fingerprint density at radius 1 is 1.28 bits per heavy atom. The fourth-order valence-corrected chi connectivity index (χ4v) is 3.73. The van der Waals surface area contributed by atoms with Crippen molar-refractivity contribution < 1.29 is 19.4 Å². The lowest BCUT2D eigenvalue weighted by Gasteiger charge is -2.37. The van der Waals surface area contributed by atoms with Crippen LogP contribution in [-0.2, 0) is 4.74 Å². The Balaban J connectivity index is 1.63. The summed E-state index contributed by atoms with van der Waals surface area (Å²) < 4.78 is 11.3. The van der Waals surface area contributed by atoms with Crippen LogP contribution in [0.3, 0.4) is 0 Å². The van der Waals surface area contributed by atoms with Gasteiger partial charge in [-0.05, 0) is 31.4 Å². The number of hydrogen-bond acceptors (Lipinski definition) is 4. The summed E-state index contributed by atoms with van der Waals surface area (Å²) in [5, 5.41) is 15.4. The van der Waals surface area contributed by atoms with Crippen molar-refractivity contribution in [2.75, 3.05) is 25.1 Å². The highest BCUT2D eigenvalue weighted by atomic mass is 16.5. The van der Waals surface area contributed by atoms with Crippen LogP contribution in [0.2, 0.25) is 0 Å². The number of aliphatic hydroxyl groups excluding tert-OH is 1. The molecule has 1 aromatic carbocycles. The van der Waals surface area contributed by atoms with Crippen molar-refractivity contribution in [2.45, 2.75) is 56.6 Å². The smallest absolute Gasteiger partial charge is 0.319 e. The summed E-state index contributed by atoms with van der Waals surface area (Å²) in [5.41, 5.74) is 0.355. The van der Waals surface area contributed by atoms with Crippen LogP contribution in [0.1, 0.15) is 44.9 Å². The minimum absolute atomic E-state index is 0.0325. The minimum Gasteiger partial charge on any atom is -0.486 e. The Morgan fingerprint density at radius 2 is 2.08 bits per heavy atom. The van der Waals surface area contributed by atoms with E-state index in [-0.39, 0.29) is 24.3 Å². The molecular weight excluding hydrogens is 320 g/mol. The predicted molar refractivity (Wildman–Crippen MR) is 96.0 cm³/mol. The van der Waals surface area contributed by atoms with E-state index in [2.05, 4.69) is 10.6 Å². The predicted octanol–water partition coefficient (Wildman–Crippen LogP) is 3.06. The van der Waals surface area contributed by atoms with Gasteiger partial charge in [-0.15, -0.1) is 0 Å². The van der Waals surface area contributed by atoms with E-state index in [4.69, 9.17) is 9.47 Å². The van der Waals surface area contributed by atoms with Gasteiger partial charge in [0.2, 0.25) is 0 Å². The van der Waals surface area contributed by atoms with Crippen LogP contribution in [-0.4, -0.2) is 42.6 Å². The number of nitrogens with one attached hydrogen (secondary N) is 2. The number of urea groups is 1. The molecule has 2 aliphatic rings. The second-order valence-corrected chi connectivity index (χ2v) is 6.99. The maximum absolute atomic E-state index is 12.6. The van der Waals surface area contributed by atoms with E-state index < -0.39 is 0 Å². The van der Waals surface area contributed by atoms with Gasteiger partial charge in [0.25, 0.3) is 0 Å². The van der Waals surface area contributed by atoms with Crippen molar-refractivity contribution >= 4 is 11.7 Å². The van der Waals surface area contributed by atoms with Gasteiger partial charge < -0.3 is 25.2 Å². The molecule has 1 aliphatic heterocycles. The number of anilines is 1. The van der Waals surface area contributed by atoms with E-state index in [1.54, 1.807) is 0 Å². The van der Waals surface area contributed by atoms with Gasteiger partial charge >= 0.3 is 6.03 Å². The number of carbonyl (C=O) groups excluding carboxylic acids is 1. The monoisotopic (exact) mass is 348 g/mol. The Bertz CT molecular complexity index is 561. The van der Waals surface area contributed by atoms with Gasteiger partial charge in [0.15, 0.2) is 0 Å². The molecule has 1 atom stereocenters. The van der Waals surface area contributed by atoms with Gasteiger partial charge in [-0.3, -0.25) is 0 Å². The maximum atomic E-state index is 12.6. The summed E-state index contributed by atoms with van der Waals surface area (Å²) in [4.78, 5) is 12.6. The number of ether oxygens (including phenoxy) is 2. The lowest BCUT2D eigenvalue weighted by atomic mass is 9.79. The van der Waals surface area contributed by atoms with E-state index in [9.17, 15) is 9.90 Å². The molecule has 6 nitrogen and oxygen atoms in total. The average molecular weight is 348 g/mol. The van der Waals surface area contributed by atoms with Crippen LogP contribution in [0.25, 0.3) is 0 Å². The molecule has 1 heterocycles. The molecule has 2 amide bonds. The topological polar surface area (TPSA) is 79.8 Å². The first-order valence-corrected chi connectivity index (χ1v) is 9.24. The molecule has 0 aromatic heterocycles. The van der Waals surface area contributed by atoms with E-state index in [1.807, 2.05) is 24.3 Å². The number of aliphatic hydroxyl groups is 1. The van der Waals surface area contributed by atoms with Crippen molar-refractivity contribution in [3.63, 3.8) is 0 Å². The number of amides is 2. The SMILES string of the molecule is O=C(Nc1ccccc1OC1CCOC1)NC1(CCO)CCCCC1. The molecule has 1 saturated heterocycles. The maximum Gasteiger partial charge on any atom is 0.319 e. The molecule has 6 heteroatoms. The lowest BCUT2D eigenvalue weighted by molar-refractivity contribution is 0.142. The quantitative estimate of drug-likeness (QED) is 0.738. The second kappa shape index (κ2) is 8.54. The number of para-hydroxylation sites is 2. The van der Waals surface area contributed by atoms with E-state index in [1.165, 1.54) is 6.42 Å². The second-order valence-electron chi connectivity index (χ2n) is 6.99. The van der Waals surface area contributed by atoms with Crippen LogP contribution < -0.4 is 15.4 Å². The van der Waals surface area contributed by atoms with Gasteiger partial charge in [-0.1, -0.05) is 31.4 Å². The fourth-order valence-electron chi connectivity index (χ4n) is 3.73. The first-order chi connectivity index (χ1) is 12.2. The van der Waals surface area contributed by atoms with Crippen molar-refractivity contribution in [1.82, 2.24) is 5.32 Å². The standard InChI is InChI=1S/C19H28N2O4/c22-12-11-19(9-4-1-5-10-19)21-18(23)20-16-6-2-3-7-17(16)25-15-8-13-24-14-15/h2-3,6-7,15,22H,1,4-5,8-14H2,(H2,20,21,23). The third kappa shape index (κ3) is 4.86. The summed E-state index contributed by atoms with van der Waals surface area (Å²) in [7, 11) is 0. The van der Waals surface area contributed by atoms with E-state index in [0.717, 1.165) is 32.1 Å². The molecule has 0 radical (unpaired) electrons. The zero-order valence-electron chi connectivity index (χ0n) is 14.6. The highest BCUT2D eigenvalue weighted by Crippen LogP contribution is 2.31. The highest BCUT2D eigenvalue weighted by molar-refractivity contribution is 5.91. The summed E-state index contributed by atoms with van der Waals surface area (Å²) >= 11 is 0. The van der Waals surface area contributed by atoms with Gasteiger partial charge in [-0.25, -0.2) is 4.79 Å². The summed E-state index contributed by atoms with van der Waals surface area (Å²) in [5.74, 6) is 0.660. The summed E-state index contributed by atoms with van der Waals surface area (Å²) in [6, 6.07) is 7.22. The van der Waals surface area contributed by atoms with Gasteiger partial charge in [0.05, 0.1) is 18.9 Å². The Morgan fingerprint density at radius 3 is 2.80 bits per heavy atom. The molecule has 0 spiro atoms. The van der Waals surface area contributed by atoms with Crippen LogP contribution in [0.15, 0.2) is 24.3 Å².